The van der Waals surface area contributed by atoms with Gasteiger partial charge in [0.05, 0.1) is 28.0 Å². The van der Waals surface area contributed by atoms with Gasteiger partial charge in [0, 0.05) is 0 Å². The maximum Gasteiger partial charge on any atom is 0.264 e. The molecular weight excluding hydrogens is 451 g/mol. The molecule has 0 radical (unpaired) electrons. The molecule has 4 aromatic rings. The van der Waals surface area contributed by atoms with Gasteiger partial charge in [0.1, 0.15) is 21.7 Å². The fraction of sp³-hybridized carbons (Fsp3) is 0. The second kappa shape index (κ2) is 7.63. The molecule has 0 aliphatic heterocycles. The molecule has 0 atom stereocenters. The van der Waals surface area contributed by atoms with Crippen molar-refractivity contribution in [1.82, 2.24) is 8.75 Å². The number of hydrogen-bond donors (Lipinski definition) is 2. The molecule has 0 saturated carbocycles. The first-order valence-electron chi connectivity index (χ1n) is 8.38. The molecular formula is C18H13FN4O4S3. The maximum absolute atomic E-state index is 13.1. The van der Waals surface area contributed by atoms with Gasteiger partial charge in [-0.2, -0.15) is 8.75 Å². The minimum atomic E-state index is -4.09. The third-order valence-electron chi connectivity index (χ3n) is 4.08. The van der Waals surface area contributed by atoms with E-state index in [0.29, 0.717) is 5.52 Å². The third kappa shape index (κ3) is 3.97. The van der Waals surface area contributed by atoms with Gasteiger partial charge in [-0.25, -0.2) is 21.2 Å². The van der Waals surface area contributed by atoms with E-state index in [-0.39, 0.29) is 26.7 Å². The van der Waals surface area contributed by atoms with Gasteiger partial charge < -0.3 is 0 Å². The van der Waals surface area contributed by atoms with Crippen LogP contribution in [0.5, 0.6) is 0 Å². The Bertz CT molecular complexity index is 1440. The molecule has 0 saturated heterocycles. The molecule has 3 aromatic carbocycles. The summed E-state index contributed by atoms with van der Waals surface area (Å²) < 4.78 is 77.0. The van der Waals surface area contributed by atoms with Gasteiger partial charge in [-0.1, -0.05) is 18.2 Å². The van der Waals surface area contributed by atoms with Crippen LogP contribution in [0.4, 0.5) is 15.8 Å². The van der Waals surface area contributed by atoms with E-state index in [0.717, 1.165) is 36.0 Å². The Balaban J connectivity index is 1.68. The lowest BCUT2D eigenvalue weighted by Gasteiger charge is -2.14. The lowest BCUT2D eigenvalue weighted by Crippen LogP contribution is -2.17. The predicted octanol–water partition coefficient (Wildman–Crippen LogP) is 3.43. The molecule has 8 nitrogen and oxygen atoms in total. The van der Waals surface area contributed by atoms with Crippen molar-refractivity contribution in [3.05, 3.63) is 72.5 Å². The van der Waals surface area contributed by atoms with E-state index in [9.17, 15) is 21.2 Å². The Kier molecular flexibility index (Phi) is 5.13. The fourth-order valence-corrected chi connectivity index (χ4v) is 5.60. The minimum Gasteiger partial charge on any atom is -0.277 e. The van der Waals surface area contributed by atoms with E-state index in [1.54, 1.807) is 24.3 Å². The monoisotopic (exact) mass is 464 g/mol. The average Bonchev–Trinajstić information content (AvgIpc) is 3.18. The number of hydrogen-bond acceptors (Lipinski definition) is 7. The normalized spacial score (nSPS) is 12.0. The topological polar surface area (TPSA) is 118 Å². The molecule has 1 aromatic heterocycles. The van der Waals surface area contributed by atoms with Crippen LogP contribution in [0.25, 0.3) is 11.0 Å². The Morgan fingerprint density at radius 2 is 1.37 bits per heavy atom. The Morgan fingerprint density at radius 3 is 2.03 bits per heavy atom. The maximum atomic E-state index is 13.1. The molecule has 0 fully saturated rings. The fourth-order valence-electron chi connectivity index (χ4n) is 2.68. The van der Waals surface area contributed by atoms with Crippen molar-refractivity contribution in [2.75, 3.05) is 9.44 Å². The van der Waals surface area contributed by atoms with Crippen LogP contribution in [-0.4, -0.2) is 25.6 Å². The number of para-hydroxylation sites is 2. The van der Waals surface area contributed by atoms with Crippen molar-refractivity contribution in [3.8, 4) is 0 Å². The molecule has 0 bridgehead atoms. The highest BCUT2D eigenvalue weighted by Gasteiger charge is 2.22. The van der Waals surface area contributed by atoms with Crippen LogP contribution in [0.3, 0.4) is 0 Å². The summed E-state index contributed by atoms with van der Waals surface area (Å²) >= 11 is 0.889. The first-order valence-corrected chi connectivity index (χ1v) is 12.1. The summed E-state index contributed by atoms with van der Waals surface area (Å²) in [6.45, 7) is 0. The van der Waals surface area contributed by atoms with Gasteiger partial charge in [-0.05, 0) is 48.5 Å². The molecule has 154 valence electrons. The number of aromatic nitrogens is 2. The summed E-state index contributed by atoms with van der Waals surface area (Å²) in [6, 6.07) is 14.8. The number of anilines is 2. The summed E-state index contributed by atoms with van der Waals surface area (Å²) in [6.07, 6.45) is 0. The van der Waals surface area contributed by atoms with Crippen LogP contribution in [-0.2, 0) is 20.0 Å². The lowest BCUT2D eigenvalue weighted by atomic mass is 10.3. The smallest absolute Gasteiger partial charge is 0.264 e. The zero-order valence-corrected chi connectivity index (χ0v) is 17.4. The predicted molar refractivity (Wildman–Crippen MR) is 112 cm³/mol. The number of benzene rings is 3. The quantitative estimate of drug-likeness (QED) is 0.451. The second-order valence-electron chi connectivity index (χ2n) is 6.10. The van der Waals surface area contributed by atoms with E-state index in [1.165, 1.54) is 18.2 Å². The molecule has 4 rings (SSSR count). The number of rotatable bonds is 6. The van der Waals surface area contributed by atoms with E-state index < -0.39 is 25.9 Å². The number of sulfonamides is 2. The largest absolute Gasteiger partial charge is 0.277 e. The van der Waals surface area contributed by atoms with Crippen molar-refractivity contribution >= 4 is 54.2 Å². The molecule has 1 heterocycles. The van der Waals surface area contributed by atoms with Crippen molar-refractivity contribution in [2.24, 2.45) is 0 Å². The first-order chi connectivity index (χ1) is 14.3. The summed E-state index contributed by atoms with van der Waals surface area (Å²) in [5.74, 6) is -0.576. The van der Waals surface area contributed by atoms with Crippen molar-refractivity contribution < 1.29 is 21.2 Å². The van der Waals surface area contributed by atoms with Crippen molar-refractivity contribution in [3.63, 3.8) is 0 Å². The highest BCUT2D eigenvalue weighted by molar-refractivity contribution is 7.93. The van der Waals surface area contributed by atoms with Gasteiger partial charge in [0.15, 0.2) is 0 Å². The first kappa shape index (κ1) is 20.2. The zero-order chi connectivity index (χ0) is 21.4. The number of halogens is 1. The van der Waals surface area contributed by atoms with Gasteiger partial charge in [-0.3, -0.25) is 9.44 Å². The SMILES string of the molecule is O=S(=O)(Nc1ccccc1NS(=O)(=O)c1cccc2nsnc12)c1ccc(F)cc1. The lowest BCUT2D eigenvalue weighted by molar-refractivity contribution is 0.598. The molecule has 0 amide bonds. The van der Waals surface area contributed by atoms with Crippen molar-refractivity contribution in [2.45, 2.75) is 9.79 Å². The molecule has 30 heavy (non-hydrogen) atoms. The van der Waals surface area contributed by atoms with Crippen LogP contribution in [0.2, 0.25) is 0 Å². The summed E-state index contributed by atoms with van der Waals surface area (Å²) in [4.78, 5) is -0.246. The van der Waals surface area contributed by atoms with E-state index in [4.69, 9.17) is 0 Å². The number of nitrogens with zero attached hydrogens (tertiary/aromatic N) is 2. The Hall–Kier alpha value is -3.09. The second-order valence-corrected chi connectivity index (χ2v) is 9.96. The number of fused-ring (bicyclic) bond motifs is 1. The van der Waals surface area contributed by atoms with Crippen LogP contribution in [0, 0.1) is 5.82 Å². The van der Waals surface area contributed by atoms with Gasteiger partial charge in [-0.15, -0.1) is 0 Å². The summed E-state index contributed by atoms with van der Waals surface area (Å²) in [7, 11) is -8.16. The van der Waals surface area contributed by atoms with Crippen LogP contribution in [0.15, 0.2) is 76.5 Å². The Morgan fingerprint density at radius 1 is 0.733 bits per heavy atom. The van der Waals surface area contributed by atoms with Crippen LogP contribution >= 0.6 is 11.7 Å². The van der Waals surface area contributed by atoms with E-state index in [2.05, 4.69) is 18.2 Å². The van der Waals surface area contributed by atoms with Gasteiger partial charge in [0.25, 0.3) is 20.0 Å². The van der Waals surface area contributed by atoms with Gasteiger partial charge >= 0.3 is 0 Å². The Labute approximate surface area is 175 Å². The third-order valence-corrected chi connectivity index (χ3v) is 7.40. The van der Waals surface area contributed by atoms with Crippen LogP contribution < -0.4 is 9.44 Å². The molecule has 12 heteroatoms. The van der Waals surface area contributed by atoms with Gasteiger partial charge in [0.2, 0.25) is 0 Å². The molecule has 0 spiro atoms. The summed E-state index contributed by atoms with van der Waals surface area (Å²) in [5, 5.41) is 0. The standard InChI is InChI=1S/C18H13FN4O4S3/c19-12-8-10-13(11-9-12)29(24,25)22-14-4-1-2-5-15(14)23-30(26,27)17-7-3-6-16-18(17)21-28-20-16/h1-11,22-23H. The minimum absolute atomic E-state index is 0.00831. The zero-order valence-electron chi connectivity index (χ0n) is 15.0. The van der Waals surface area contributed by atoms with E-state index >= 15 is 0 Å². The van der Waals surface area contributed by atoms with Crippen molar-refractivity contribution in [1.29, 1.82) is 0 Å². The highest BCUT2D eigenvalue weighted by Crippen LogP contribution is 2.29. The molecule has 0 aliphatic carbocycles. The summed E-state index contributed by atoms with van der Waals surface area (Å²) in [5.41, 5.74) is 0.685. The molecule has 2 N–H and O–H groups in total. The number of nitrogens with one attached hydrogen (secondary N) is 2. The van der Waals surface area contributed by atoms with Crippen LogP contribution in [0.1, 0.15) is 0 Å². The average molecular weight is 465 g/mol. The van der Waals surface area contributed by atoms with E-state index in [1.807, 2.05) is 0 Å². The highest BCUT2D eigenvalue weighted by atomic mass is 32.2. The molecule has 0 aliphatic rings. The molecule has 0 unspecified atom stereocenters.